The zero-order valence-electron chi connectivity index (χ0n) is 13.4. The third-order valence-electron chi connectivity index (χ3n) is 3.63. The van der Waals surface area contributed by atoms with Crippen molar-refractivity contribution in [2.24, 2.45) is 5.92 Å². The van der Waals surface area contributed by atoms with Crippen molar-refractivity contribution in [1.29, 1.82) is 0 Å². The van der Waals surface area contributed by atoms with E-state index in [1.165, 1.54) is 0 Å². The second-order valence-electron chi connectivity index (χ2n) is 5.87. The zero-order valence-corrected chi connectivity index (χ0v) is 14.2. The second kappa shape index (κ2) is 7.17. The van der Waals surface area contributed by atoms with E-state index >= 15 is 0 Å². The van der Waals surface area contributed by atoms with Crippen molar-refractivity contribution < 1.29 is 4.74 Å². The molecule has 1 atom stereocenters. The van der Waals surface area contributed by atoms with Crippen LogP contribution in [0, 0.1) is 5.92 Å². The number of fused-ring (bicyclic) bond motifs is 1. The molecule has 0 amide bonds. The Labute approximate surface area is 132 Å². The van der Waals surface area contributed by atoms with Crippen molar-refractivity contribution in [2.75, 3.05) is 12.5 Å². The van der Waals surface area contributed by atoms with Crippen LogP contribution in [0.4, 0.5) is 0 Å². The van der Waals surface area contributed by atoms with E-state index in [0.29, 0.717) is 24.4 Å². The summed E-state index contributed by atoms with van der Waals surface area (Å²) < 4.78 is 8.05. The molecule has 116 valence electrons. The number of nitrogens with zero attached hydrogens (tertiary/aromatic N) is 2. The maximum atomic E-state index is 5.96. The molecule has 3 nitrogen and oxygen atoms in total. The first kappa shape index (κ1) is 16.2. The minimum Gasteiger partial charge on any atom is -0.492 e. The molecule has 0 fully saturated rings. The van der Waals surface area contributed by atoms with Crippen LogP contribution in [0.15, 0.2) is 18.2 Å². The molecule has 2 aromatic rings. The van der Waals surface area contributed by atoms with E-state index in [1.54, 1.807) is 0 Å². The fourth-order valence-corrected chi connectivity index (χ4v) is 3.12. The fourth-order valence-electron chi connectivity index (χ4n) is 2.95. The maximum Gasteiger partial charge on any atom is 0.147 e. The average Bonchev–Trinajstić information content (AvgIpc) is 2.78. The molecular formula is C17H25ClN2O. The molecule has 4 heteroatoms. The Bertz CT molecular complexity index is 592. The molecule has 0 aliphatic rings. The van der Waals surface area contributed by atoms with Gasteiger partial charge in [0.25, 0.3) is 0 Å². The molecule has 21 heavy (non-hydrogen) atoms. The smallest absolute Gasteiger partial charge is 0.147 e. The van der Waals surface area contributed by atoms with Gasteiger partial charge in [-0.1, -0.05) is 19.9 Å². The Kier molecular flexibility index (Phi) is 5.51. The number of alkyl halides is 1. The number of aromatic nitrogens is 2. The maximum absolute atomic E-state index is 5.96. The Balaban J connectivity index is 2.54. The van der Waals surface area contributed by atoms with Crippen molar-refractivity contribution in [2.45, 2.75) is 46.6 Å². The highest BCUT2D eigenvalue weighted by Gasteiger charge is 2.18. The topological polar surface area (TPSA) is 27.1 Å². The van der Waals surface area contributed by atoms with Gasteiger partial charge in [-0.15, -0.1) is 11.6 Å². The Morgan fingerprint density at radius 3 is 2.67 bits per heavy atom. The van der Waals surface area contributed by atoms with Crippen LogP contribution in [0.2, 0.25) is 0 Å². The van der Waals surface area contributed by atoms with Gasteiger partial charge in [0.1, 0.15) is 17.1 Å². The van der Waals surface area contributed by atoms with Gasteiger partial charge in [-0.3, -0.25) is 0 Å². The van der Waals surface area contributed by atoms with E-state index in [4.69, 9.17) is 21.3 Å². The molecular weight excluding hydrogens is 284 g/mol. The quantitative estimate of drug-likeness (QED) is 0.685. The summed E-state index contributed by atoms with van der Waals surface area (Å²) in [7, 11) is 0. The molecule has 1 unspecified atom stereocenters. The van der Waals surface area contributed by atoms with E-state index in [0.717, 1.165) is 35.4 Å². The van der Waals surface area contributed by atoms with E-state index < -0.39 is 0 Å². The van der Waals surface area contributed by atoms with Gasteiger partial charge in [-0.2, -0.15) is 0 Å². The molecule has 1 heterocycles. The van der Waals surface area contributed by atoms with Gasteiger partial charge in [-0.25, -0.2) is 4.98 Å². The highest BCUT2D eigenvalue weighted by Crippen LogP contribution is 2.31. The summed E-state index contributed by atoms with van der Waals surface area (Å²) in [5.74, 6) is 3.15. The van der Waals surface area contributed by atoms with Gasteiger partial charge < -0.3 is 9.30 Å². The van der Waals surface area contributed by atoms with Crippen molar-refractivity contribution in [1.82, 2.24) is 9.55 Å². The van der Waals surface area contributed by atoms with Crippen LogP contribution in [0.1, 0.15) is 46.0 Å². The van der Waals surface area contributed by atoms with E-state index in [-0.39, 0.29) is 0 Å². The van der Waals surface area contributed by atoms with Crippen LogP contribution in [-0.2, 0) is 6.42 Å². The lowest BCUT2D eigenvalue weighted by molar-refractivity contribution is 0.343. The van der Waals surface area contributed by atoms with Crippen LogP contribution in [0.25, 0.3) is 11.0 Å². The first-order valence-electron chi connectivity index (χ1n) is 7.77. The average molecular weight is 309 g/mol. The number of halogens is 1. The number of rotatable bonds is 7. The summed E-state index contributed by atoms with van der Waals surface area (Å²) >= 11 is 5.96. The first-order valence-corrected chi connectivity index (χ1v) is 8.30. The molecule has 0 spiro atoms. The highest BCUT2D eigenvalue weighted by molar-refractivity contribution is 6.17. The van der Waals surface area contributed by atoms with Gasteiger partial charge in [0.2, 0.25) is 0 Å². The predicted molar refractivity (Wildman–Crippen MR) is 89.5 cm³/mol. The number of imidazole rings is 1. The number of hydrogen-bond acceptors (Lipinski definition) is 2. The Morgan fingerprint density at radius 2 is 2.05 bits per heavy atom. The van der Waals surface area contributed by atoms with Crippen molar-refractivity contribution >= 4 is 22.6 Å². The molecule has 0 bridgehead atoms. The molecule has 1 aromatic heterocycles. The lowest BCUT2D eigenvalue weighted by Crippen LogP contribution is -2.12. The second-order valence-corrected chi connectivity index (χ2v) is 6.25. The zero-order chi connectivity index (χ0) is 15.4. The van der Waals surface area contributed by atoms with E-state index in [9.17, 15) is 0 Å². The van der Waals surface area contributed by atoms with Crippen molar-refractivity contribution in [3.63, 3.8) is 0 Å². The van der Waals surface area contributed by atoms with Crippen LogP contribution in [0.5, 0.6) is 5.75 Å². The lowest BCUT2D eigenvalue weighted by Gasteiger charge is -2.19. The largest absolute Gasteiger partial charge is 0.492 e. The summed E-state index contributed by atoms with van der Waals surface area (Å²) in [6, 6.07) is 6.56. The third kappa shape index (κ3) is 3.52. The Hall–Kier alpha value is -1.22. The number of aryl methyl sites for hydroxylation is 1. The summed E-state index contributed by atoms with van der Waals surface area (Å²) in [5, 5.41) is 0. The molecule has 0 aliphatic heterocycles. The van der Waals surface area contributed by atoms with Crippen LogP contribution < -0.4 is 4.74 Å². The standard InChI is InChI=1S/C17H25ClN2O/c1-5-21-15-8-6-7-14-17(15)19-16(9-10-18)20(14)13(4)11-12(2)3/h6-8,12-13H,5,9-11H2,1-4H3. The van der Waals surface area contributed by atoms with Crippen molar-refractivity contribution in [3.05, 3.63) is 24.0 Å². The number of para-hydroxylation sites is 1. The predicted octanol–water partition coefficient (Wildman–Crippen LogP) is 4.82. The van der Waals surface area contributed by atoms with Crippen LogP contribution in [0.3, 0.4) is 0 Å². The van der Waals surface area contributed by atoms with Gasteiger partial charge in [0, 0.05) is 18.3 Å². The van der Waals surface area contributed by atoms with Gasteiger partial charge in [0.15, 0.2) is 0 Å². The first-order chi connectivity index (χ1) is 10.1. The molecule has 0 radical (unpaired) electrons. The minimum atomic E-state index is 0.407. The summed E-state index contributed by atoms with van der Waals surface area (Å²) in [6.45, 7) is 9.41. The van der Waals surface area contributed by atoms with Crippen LogP contribution in [-0.4, -0.2) is 22.0 Å². The molecule has 0 N–H and O–H groups in total. The van der Waals surface area contributed by atoms with E-state index in [2.05, 4.69) is 31.4 Å². The monoisotopic (exact) mass is 308 g/mol. The summed E-state index contributed by atoms with van der Waals surface area (Å²) in [5.41, 5.74) is 2.10. The van der Waals surface area contributed by atoms with Crippen LogP contribution >= 0.6 is 11.6 Å². The van der Waals surface area contributed by atoms with Gasteiger partial charge in [0.05, 0.1) is 12.1 Å². The van der Waals surface area contributed by atoms with E-state index in [1.807, 2.05) is 19.1 Å². The third-order valence-corrected chi connectivity index (χ3v) is 3.82. The summed E-state index contributed by atoms with van der Waals surface area (Å²) in [4.78, 5) is 4.80. The molecule has 2 rings (SSSR count). The highest BCUT2D eigenvalue weighted by atomic mass is 35.5. The number of benzene rings is 1. The summed E-state index contributed by atoms with van der Waals surface area (Å²) in [6.07, 6.45) is 1.91. The minimum absolute atomic E-state index is 0.407. The molecule has 0 saturated carbocycles. The van der Waals surface area contributed by atoms with Crippen molar-refractivity contribution in [3.8, 4) is 5.75 Å². The molecule has 0 aliphatic carbocycles. The number of ether oxygens (including phenoxy) is 1. The SMILES string of the molecule is CCOc1cccc2c1nc(CCCl)n2C(C)CC(C)C. The van der Waals surface area contributed by atoms with Gasteiger partial charge >= 0.3 is 0 Å². The lowest BCUT2D eigenvalue weighted by atomic mass is 10.0. The fraction of sp³-hybridized carbons (Fsp3) is 0.588. The molecule has 1 aromatic carbocycles. The normalized spacial score (nSPS) is 13.0. The molecule has 0 saturated heterocycles. The number of hydrogen-bond donors (Lipinski definition) is 0. The Morgan fingerprint density at radius 1 is 1.29 bits per heavy atom. The van der Waals surface area contributed by atoms with Gasteiger partial charge in [-0.05, 0) is 38.3 Å².